The van der Waals surface area contributed by atoms with E-state index >= 15 is 0 Å². The molecule has 0 bridgehead atoms. The first-order valence-corrected chi connectivity index (χ1v) is 13.6. The van der Waals surface area contributed by atoms with Gasteiger partial charge in [-0.05, 0) is 49.2 Å². The van der Waals surface area contributed by atoms with E-state index in [4.69, 9.17) is 0 Å². The Balaban J connectivity index is 1.42. The van der Waals surface area contributed by atoms with Crippen molar-refractivity contribution in [3.8, 4) is 0 Å². The van der Waals surface area contributed by atoms with E-state index in [1.165, 1.54) is 15.9 Å². The molecule has 2 aromatic rings. The average Bonchev–Trinajstić information content (AvgIpc) is 3.24. The third kappa shape index (κ3) is 6.66. The molecule has 190 valence electrons. The first kappa shape index (κ1) is 26.2. The van der Waals surface area contributed by atoms with Crippen molar-refractivity contribution in [2.24, 2.45) is 4.99 Å². The molecule has 1 heterocycles. The predicted octanol–water partition coefficient (Wildman–Crippen LogP) is 2.48. The Morgan fingerprint density at radius 3 is 2.11 bits per heavy atom. The van der Waals surface area contributed by atoms with E-state index in [1.54, 1.807) is 13.1 Å². The molecule has 0 spiro atoms. The van der Waals surface area contributed by atoms with Crippen LogP contribution in [0.1, 0.15) is 32.6 Å². The van der Waals surface area contributed by atoms with Crippen LogP contribution in [0.3, 0.4) is 0 Å². The molecule has 4 amide bonds. The molecule has 8 nitrogen and oxygen atoms in total. The van der Waals surface area contributed by atoms with Crippen LogP contribution in [0.2, 0.25) is 0 Å². The number of aliphatic imine (C=N–C) groups is 1. The zero-order chi connectivity index (χ0) is 26.2. The number of imide groups is 1. The van der Waals surface area contributed by atoms with Crippen molar-refractivity contribution in [1.82, 2.24) is 15.8 Å². The summed E-state index contributed by atoms with van der Waals surface area (Å²) in [5.41, 5.74) is 3.23. The monoisotopic (exact) mass is 516 g/mol. The maximum Gasteiger partial charge on any atom is 0.258 e. The highest BCUT2D eigenvalue weighted by Gasteiger charge is 2.30. The Hall–Kier alpha value is -3.90. The van der Waals surface area contributed by atoms with Crippen molar-refractivity contribution in [1.29, 1.82) is 0 Å². The summed E-state index contributed by atoms with van der Waals surface area (Å²) in [5.74, 6) is -2.00. The van der Waals surface area contributed by atoms with Crippen LogP contribution in [0.4, 0.5) is 0 Å². The molecule has 2 N–H and O–H groups in total. The molecule has 1 atom stereocenters. The lowest BCUT2D eigenvalue weighted by Crippen LogP contribution is -2.49. The number of carbonyl (C=O) groups is 4. The topological polar surface area (TPSA) is 108 Å². The Kier molecular flexibility index (Phi) is 8.75. The van der Waals surface area contributed by atoms with Gasteiger partial charge in [0.2, 0.25) is 17.7 Å². The van der Waals surface area contributed by atoms with E-state index < -0.39 is 37.6 Å². The molecule has 1 saturated heterocycles. The molecule has 9 heteroatoms. The predicted molar refractivity (Wildman–Crippen MR) is 145 cm³/mol. The Bertz CT molecular complexity index is 1200. The fraction of sp³-hybridized carbons (Fsp3) is 0.250. The van der Waals surface area contributed by atoms with Crippen LogP contribution in [-0.2, 0) is 19.2 Å². The molecule has 0 saturated carbocycles. The lowest BCUT2D eigenvalue weighted by molar-refractivity contribution is -0.147. The van der Waals surface area contributed by atoms with Gasteiger partial charge in [0.25, 0.3) is 5.91 Å². The first-order valence-electron chi connectivity index (χ1n) is 12.2. The Morgan fingerprint density at radius 1 is 0.946 bits per heavy atom. The van der Waals surface area contributed by atoms with Crippen molar-refractivity contribution < 1.29 is 19.2 Å². The smallest absolute Gasteiger partial charge is 0.258 e. The molecular formula is C28H29N4O4P. The number of rotatable bonds is 9. The molecule has 2 aliphatic rings. The molecule has 2 aromatic carbocycles. The van der Waals surface area contributed by atoms with Gasteiger partial charge in [-0.25, -0.2) is 0 Å². The van der Waals surface area contributed by atoms with Gasteiger partial charge < -0.3 is 5.32 Å². The van der Waals surface area contributed by atoms with E-state index in [0.717, 1.165) is 18.4 Å². The zero-order valence-corrected chi connectivity index (χ0v) is 21.5. The SMILES string of the molecule is CC(N=CC1=CCCC=C1P(c1ccccc1)c1ccccc1)C(=O)NCC(=O)NN1C(=O)CCC1=O. The van der Waals surface area contributed by atoms with E-state index in [-0.39, 0.29) is 19.4 Å². The number of hydrogen-bond donors (Lipinski definition) is 2. The van der Waals surface area contributed by atoms with Gasteiger partial charge in [0.05, 0.1) is 6.54 Å². The normalized spacial score (nSPS) is 16.5. The lowest BCUT2D eigenvalue weighted by atomic mass is 10.1. The summed E-state index contributed by atoms with van der Waals surface area (Å²) in [4.78, 5) is 52.4. The minimum absolute atomic E-state index is 0.0697. The molecule has 4 rings (SSSR count). The zero-order valence-electron chi connectivity index (χ0n) is 20.6. The van der Waals surface area contributed by atoms with Crippen molar-refractivity contribution in [2.45, 2.75) is 38.6 Å². The number of nitrogens with one attached hydrogen (secondary N) is 2. The molecule has 37 heavy (non-hydrogen) atoms. The maximum absolute atomic E-state index is 12.6. The van der Waals surface area contributed by atoms with E-state index in [9.17, 15) is 19.2 Å². The summed E-state index contributed by atoms with van der Waals surface area (Å²) in [5, 5.41) is 6.90. The number of amides is 4. The summed E-state index contributed by atoms with van der Waals surface area (Å²) in [6, 6.07) is 20.1. The summed E-state index contributed by atoms with van der Waals surface area (Å²) in [7, 11) is -0.796. The molecule has 1 unspecified atom stereocenters. The van der Waals surface area contributed by atoms with Gasteiger partial charge >= 0.3 is 0 Å². The lowest BCUT2D eigenvalue weighted by Gasteiger charge is -2.25. The number of carbonyl (C=O) groups excluding carboxylic acids is 4. The second-order valence-corrected chi connectivity index (χ2v) is 10.8. The summed E-state index contributed by atoms with van der Waals surface area (Å²) >= 11 is 0. The van der Waals surface area contributed by atoms with Gasteiger partial charge in [-0.2, -0.15) is 5.01 Å². The number of hydrogen-bond acceptors (Lipinski definition) is 5. The van der Waals surface area contributed by atoms with Crippen LogP contribution in [0.25, 0.3) is 0 Å². The van der Waals surface area contributed by atoms with Gasteiger partial charge in [0.15, 0.2) is 0 Å². The van der Waals surface area contributed by atoms with E-state index in [2.05, 4.69) is 52.2 Å². The Morgan fingerprint density at radius 2 is 1.51 bits per heavy atom. The minimum Gasteiger partial charge on any atom is -0.345 e. The highest BCUT2D eigenvalue weighted by atomic mass is 31.1. The summed E-state index contributed by atoms with van der Waals surface area (Å²) in [6.45, 7) is 1.29. The second kappa shape index (κ2) is 12.4. The second-order valence-electron chi connectivity index (χ2n) is 8.66. The van der Waals surface area contributed by atoms with Crippen LogP contribution in [0.5, 0.6) is 0 Å². The highest BCUT2D eigenvalue weighted by Crippen LogP contribution is 2.47. The third-order valence-corrected chi connectivity index (χ3v) is 8.51. The maximum atomic E-state index is 12.6. The quantitative estimate of drug-likeness (QED) is 0.303. The molecule has 1 aliphatic carbocycles. The summed E-state index contributed by atoms with van der Waals surface area (Å²) in [6.07, 6.45) is 8.15. The Labute approximate surface area is 217 Å². The van der Waals surface area contributed by atoms with Crippen molar-refractivity contribution in [3.05, 3.63) is 83.7 Å². The highest BCUT2D eigenvalue weighted by molar-refractivity contribution is 7.77. The molecule has 0 radical (unpaired) electrons. The van der Waals surface area contributed by atoms with Gasteiger partial charge in [-0.3, -0.25) is 29.6 Å². The van der Waals surface area contributed by atoms with Gasteiger partial charge in [-0.15, -0.1) is 0 Å². The van der Waals surface area contributed by atoms with Crippen LogP contribution < -0.4 is 21.4 Å². The van der Waals surface area contributed by atoms with Crippen LogP contribution in [0.15, 0.2) is 88.7 Å². The number of benzene rings is 2. The fourth-order valence-electron chi connectivity index (χ4n) is 4.04. The third-order valence-electron chi connectivity index (χ3n) is 5.96. The van der Waals surface area contributed by atoms with Crippen molar-refractivity contribution in [3.63, 3.8) is 0 Å². The van der Waals surface area contributed by atoms with Crippen molar-refractivity contribution >= 4 is 48.4 Å². The average molecular weight is 517 g/mol. The largest absolute Gasteiger partial charge is 0.345 e. The molecular weight excluding hydrogens is 487 g/mol. The van der Waals surface area contributed by atoms with Gasteiger partial charge in [0.1, 0.15) is 6.04 Å². The van der Waals surface area contributed by atoms with Crippen LogP contribution >= 0.6 is 7.92 Å². The van der Waals surface area contributed by atoms with Crippen LogP contribution in [0, 0.1) is 0 Å². The first-order chi connectivity index (χ1) is 17.9. The van der Waals surface area contributed by atoms with Gasteiger partial charge in [-0.1, -0.05) is 72.8 Å². The molecule has 0 aromatic heterocycles. The molecule has 1 fully saturated rings. The number of hydrazine groups is 1. The molecule has 1 aliphatic heterocycles. The van der Waals surface area contributed by atoms with E-state index in [0.29, 0.717) is 5.01 Å². The van der Waals surface area contributed by atoms with Gasteiger partial charge in [0, 0.05) is 19.1 Å². The number of nitrogens with zero attached hydrogens (tertiary/aromatic N) is 2. The number of allylic oxidation sites excluding steroid dienone is 4. The standard InChI is InChI=1S/C28H29N4O4P/c1-20(28(36)30-19-25(33)31-32-26(34)16-17-27(32)35)29-18-21-10-8-9-15-24(21)37(22-11-4-2-5-12-22)23-13-6-3-7-14-23/h2-7,10-15,18,20H,8-9,16-17,19H2,1H3,(H,30,36)(H,31,33). The minimum atomic E-state index is -0.796. The van der Waals surface area contributed by atoms with Crippen LogP contribution in [-0.4, -0.2) is 47.4 Å². The summed E-state index contributed by atoms with van der Waals surface area (Å²) < 4.78 is 0. The fourth-order valence-corrected chi connectivity index (χ4v) is 6.56. The van der Waals surface area contributed by atoms with E-state index in [1.807, 2.05) is 36.4 Å². The van der Waals surface area contributed by atoms with Crippen molar-refractivity contribution in [2.75, 3.05) is 6.54 Å².